The zero-order valence-corrected chi connectivity index (χ0v) is 14.2. The van der Waals surface area contributed by atoms with Gasteiger partial charge in [-0.15, -0.1) is 11.3 Å². The van der Waals surface area contributed by atoms with Crippen LogP contribution in [0, 0.1) is 0 Å². The minimum absolute atomic E-state index is 0.0179. The summed E-state index contributed by atoms with van der Waals surface area (Å²) in [6, 6.07) is 4.08. The Balaban J connectivity index is 1.86. The zero-order valence-electron chi connectivity index (χ0n) is 12.6. The number of hydrogen-bond donors (Lipinski definition) is 0. The first kappa shape index (κ1) is 14.9. The van der Waals surface area contributed by atoms with Gasteiger partial charge in [0.05, 0.1) is 11.3 Å². The van der Waals surface area contributed by atoms with Gasteiger partial charge in [0.2, 0.25) is 5.28 Å². The third kappa shape index (κ3) is 2.58. The molecule has 6 nitrogen and oxygen atoms in total. The number of anilines is 2. The molecule has 0 aromatic carbocycles. The van der Waals surface area contributed by atoms with Gasteiger partial charge in [0.25, 0.3) is 0 Å². The number of ether oxygens (including phenoxy) is 1. The Hall–Kier alpha value is -1.70. The summed E-state index contributed by atoms with van der Waals surface area (Å²) >= 11 is 7.85. The summed E-state index contributed by atoms with van der Waals surface area (Å²) in [4.78, 5) is 15.5. The van der Waals surface area contributed by atoms with E-state index in [1.54, 1.807) is 17.7 Å². The van der Waals surface area contributed by atoms with E-state index in [1.807, 2.05) is 16.0 Å². The van der Waals surface area contributed by atoms with Crippen molar-refractivity contribution in [1.29, 1.82) is 0 Å². The maximum atomic E-state index is 6.19. The monoisotopic (exact) mass is 349 g/mol. The van der Waals surface area contributed by atoms with Crippen molar-refractivity contribution in [3.63, 3.8) is 0 Å². The van der Waals surface area contributed by atoms with Crippen molar-refractivity contribution in [3.05, 3.63) is 29.1 Å². The SMILES string of the molecule is CCN(c1cccs1)c1nc(Cl)nc2c1ncn2C1CCCO1. The fourth-order valence-electron chi connectivity index (χ4n) is 2.89. The Morgan fingerprint density at radius 3 is 3.09 bits per heavy atom. The van der Waals surface area contributed by atoms with Crippen molar-refractivity contribution in [1.82, 2.24) is 19.5 Å². The summed E-state index contributed by atoms with van der Waals surface area (Å²) < 4.78 is 7.71. The smallest absolute Gasteiger partial charge is 0.226 e. The van der Waals surface area contributed by atoms with E-state index in [2.05, 4.69) is 32.8 Å². The highest BCUT2D eigenvalue weighted by Gasteiger charge is 2.24. The van der Waals surface area contributed by atoms with Gasteiger partial charge in [-0.2, -0.15) is 9.97 Å². The number of nitrogens with zero attached hydrogens (tertiary/aromatic N) is 5. The molecular formula is C15H16ClN5OS. The van der Waals surface area contributed by atoms with Gasteiger partial charge in [-0.1, -0.05) is 0 Å². The molecule has 120 valence electrons. The fourth-order valence-corrected chi connectivity index (χ4v) is 3.84. The molecule has 0 N–H and O–H groups in total. The molecule has 1 atom stereocenters. The normalized spacial score (nSPS) is 17.9. The minimum Gasteiger partial charge on any atom is -0.358 e. The largest absolute Gasteiger partial charge is 0.358 e. The van der Waals surface area contributed by atoms with Crippen LogP contribution in [0.25, 0.3) is 11.2 Å². The molecule has 4 heterocycles. The van der Waals surface area contributed by atoms with Crippen LogP contribution in [-0.4, -0.2) is 32.7 Å². The topological polar surface area (TPSA) is 56.1 Å². The van der Waals surface area contributed by atoms with E-state index < -0.39 is 0 Å². The van der Waals surface area contributed by atoms with Gasteiger partial charge >= 0.3 is 0 Å². The molecule has 1 saturated heterocycles. The van der Waals surface area contributed by atoms with E-state index in [0.29, 0.717) is 0 Å². The predicted octanol–water partition coefficient (Wildman–Crippen LogP) is 4.01. The van der Waals surface area contributed by atoms with Crippen LogP contribution in [0.1, 0.15) is 26.0 Å². The van der Waals surface area contributed by atoms with Crippen LogP contribution in [0.5, 0.6) is 0 Å². The highest BCUT2D eigenvalue weighted by molar-refractivity contribution is 7.14. The van der Waals surface area contributed by atoms with Crippen LogP contribution < -0.4 is 4.90 Å². The molecule has 0 radical (unpaired) electrons. The van der Waals surface area contributed by atoms with Crippen LogP contribution in [0.3, 0.4) is 0 Å². The maximum absolute atomic E-state index is 6.19. The van der Waals surface area contributed by atoms with Crippen molar-refractivity contribution < 1.29 is 4.74 Å². The molecule has 1 aliphatic heterocycles. The summed E-state index contributed by atoms with van der Waals surface area (Å²) in [5, 5.41) is 3.38. The number of imidazole rings is 1. The van der Waals surface area contributed by atoms with E-state index in [9.17, 15) is 0 Å². The van der Waals surface area contributed by atoms with Crippen molar-refractivity contribution in [3.8, 4) is 0 Å². The van der Waals surface area contributed by atoms with E-state index in [0.717, 1.165) is 48.0 Å². The number of halogens is 1. The first-order valence-corrected chi connectivity index (χ1v) is 8.86. The molecule has 8 heteroatoms. The highest BCUT2D eigenvalue weighted by atomic mass is 35.5. The van der Waals surface area contributed by atoms with Crippen molar-refractivity contribution >= 4 is 44.9 Å². The van der Waals surface area contributed by atoms with Gasteiger partial charge in [-0.25, -0.2) is 4.98 Å². The standard InChI is InChI=1S/C15H16ClN5OS/c1-2-20(11-6-4-8-23-11)13-12-14(19-15(16)18-13)21(9-17-12)10-5-3-7-22-10/h4,6,8-10H,2-3,5,7H2,1H3. The van der Waals surface area contributed by atoms with Gasteiger partial charge in [-0.3, -0.25) is 4.57 Å². The minimum atomic E-state index is -0.0179. The summed E-state index contributed by atoms with van der Waals surface area (Å²) in [6.45, 7) is 3.63. The second-order valence-electron chi connectivity index (χ2n) is 5.30. The summed E-state index contributed by atoms with van der Waals surface area (Å²) in [7, 11) is 0. The molecule has 0 aliphatic carbocycles. The van der Waals surface area contributed by atoms with Gasteiger partial charge in [-0.05, 0) is 48.9 Å². The van der Waals surface area contributed by atoms with Gasteiger partial charge in [0, 0.05) is 13.2 Å². The number of thiophene rings is 1. The fraction of sp³-hybridized carbons (Fsp3) is 0.400. The summed E-state index contributed by atoms with van der Waals surface area (Å²) in [6.07, 6.45) is 3.77. The van der Waals surface area contributed by atoms with Crippen LogP contribution in [0.15, 0.2) is 23.8 Å². The van der Waals surface area contributed by atoms with Crippen molar-refractivity contribution in [2.24, 2.45) is 0 Å². The van der Waals surface area contributed by atoms with Crippen LogP contribution in [0.4, 0.5) is 10.8 Å². The first-order valence-electron chi connectivity index (χ1n) is 7.60. The second-order valence-corrected chi connectivity index (χ2v) is 6.57. The zero-order chi connectivity index (χ0) is 15.8. The lowest BCUT2D eigenvalue weighted by molar-refractivity contribution is 0.0593. The average molecular weight is 350 g/mol. The number of fused-ring (bicyclic) bond motifs is 1. The Morgan fingerprint density at radius 2 is 2.39 bits per heavy atom. The Kier molecular flexibility index (Phi) is 3.92. The number of rotatable bonds is 4. The molecule has 0 bridgehead atoms. The van der Waals surface area contributed by atoms with Crippen LogP contribution in [-0.2, 0) is 4.74 Å². The quantitative estimate of drug-likeness (QED) is 0.666. The lowest BCUT2D eigenvalue weighted by Crippen LogP contribution is -2.17. The predicted molar refractivity (Wildman–Crippen MR) is 91.6 cm³/mol. The number of aromatic nitrogens is 4. The Bertz CT molecular complexity index is 813. The molecule has 4 rings (SSSR count). The first-order chi connectivity index (χ1) is 11.3. The Morgan fingerprint density at radius 1 is 1.48 bits per heavy atom. The van der Waals surface area contributed by atoms with Crippen LogP contribution in [0.2, 0.25) is 5.28 Å². The van der Waals surface area contributed by atoms with E-state index >= 15 is 0 Å². The highest BCUT2D eigenvalue weighted by Crippen LogP contribution is 2.34. The lowest BCUT2D eigenvalue weighted by atomic mass is 10.3. The maximum Gasteiger partial charge on any atom is 0.226 e. The van der Waals surface area contributed by atoms with Gasteiger partial charge < -0.3 is 9.64 Å². The summed E-state index contributed by atoms with van der Waals surface area (Å²) in [5.74, 6) is 0.738. The van der Waals surface area contributed by atoms with Gasteiger partial charge in [0.15, 0.2) is 17.0 Å². The van der Waals surface area contributed by atoms with E-state index in [4.69, 9.17) is 16.3 Å². The summed E-state index contributed by atoms with van der Waals surface area (Å²) in [5.41, 5.74) is 1.47. The molecule has 0 spiro atoms. The Labute approximate surface area is 142 Å². The van der Waals surface area contributed by atoms with Crippen molar-refractivity contribution in [2.75, 3.05) is 18.1 Å². The van der Waals surface area contributed by atoms with Gasteiger partial charge in [0.1, 0.15) is 6.23 Å². The lowest BCUT2D eigenvalue weighted by Gasteiger charge is -2.20. The third-order valence-corrected chi connectivity index (χ3v) is 5.00. The molecule has 23 heavy (non-hydrogen) atoms. The average Bonchev–Trinajstić information content (AvgIpc) is 3.28. The van der Waals surface area contributed by atoms with E-state index in [1.165, 1.54) is 0 Å². The van der Waals surface area contributed by atoms with E-state index in [-0.39, 0.29) is 11.5 Å². The number of hydrogen-bond acceptors (Lipinski definition) is 6. The second kappa shape index (κ2) is 6.07. The molecule has 0 amide bonds. The molecule has 1 fully saturated rings. The molecule has 0 saturated carbocycles. The molecular weight excluding hydrogens is 334 g/mol. The van der Waals surface area contributed by atoms with Crippen LogP contribution >= 0.6 is 22.9 Å². The molecule has 1 aliphatic rings. The van der Waals surface area contributed by atoms with Crippen molar-refractivity contribution in [2.45, 2.75) is 26.0 Å². The molecule has 3 aromatic heterocycles. The molecule has 3 aromatic rings. The third-order valence-electron chi connectivity index (χ3n) is 3.94. The molecule has 1 unspecified atom stereocenters.